The molecule has 0 fully saturated rings. The van der Waals surface area contributed by atoms with E-state index in [0.29, 0.717) is 0 Å². The average molecular weight is 323 g/mol. The number of fused-ring (bicyclic) bond motifs is 1. The summed E-state index contributed by atoms with van der Waals surface area (Å²) in [5.41, 5.74) is 9.64. The molecule has 0 saturated heterocycles. The second-order valence-corrected chi connectivity index (χ2v) is 4.34. The molecule has 0 aliphatic heterocycles. The number of rotatable bonds is 2. The van der Waals surface area contributed by atoms with Crippen LogP contribution in [-0.4, -0.2) is 12.1 Å². The Hall–Kier alpha value is -1.97. The molecule has 0 aliphatic rings. The van der Waals surface area contributed by atoms with Crippen LogP contribution in [0.3, 0.4) is 0 Å². The highest BCUT2D eigenvalue weighted by molar-refractivity contribution is 5.92. The van der Waals surface area contributed by atoms with Crippen LogP contribution in [-0.2, 0) is 0 Å². The highest BCUT2D eigenvalue weighted by Gasteiger charge is 2.05. The van der Waals surface area contributed by atoms with Gasteiger partial charge in [-0.15, -0.1) is 24.8 Å². The number of hydrogen-bond acceptors (Lipinski definition) is 3. The van der Waals surface area contributed by atoms with Crippen LogP contribution in [0.5, 0.6) is 5.75 Å². The van der Waals surface area contributed by atoms with Crippen molar-refractivity contribution in [2.45, 2.75) is 0 Å². The first kappa shape index (κ1) is 17.1. The molecule has 2 aromatic carbocycles. The summed E-state index contributed by atoms with van der Waals surface area (Å²) in [4.78, 5) is 4.64. The van der Waals surface area contributed by atoms with Gasteiger partial charge in [-0.2, -0.15) is 0 Å². The van der Waals surface area contributed by atoms with Gasteiger partial charge in [0.25, 0.3) is 0 Å². The fourth-order valence-electron chi connectivity index (χ4n) is 2.11. The molecule has 21 heavy (non-hydrogen) atoms. The number of pyridine rings is 1. The number of nitrogens with zero attached hydrogens (tertiary/aromatic N) is 1. The zero-order chi connectivity index (χ0) is 13.2. The Morgan fingerprint density at radius 1 is 0.952 bits per heavy atom. The Morgan fingerprint density at radius 2 is 1.62 bits per heavy atom. The van der Waals surface area contributed by atoms with Crippen molar-refractivity contribution in [3.8, 4) is 17.0 Å². The van der Waals surface area contributed by atoms with Crippen molar-refractivity contribution in [3.63, 3.8) is 0 Å². The topological polar surface area (TPSA) is 48.1 Å². The van der Waals surface area contributed by atoms with Crippen molar-refractivity contribution in [1.82, 2.24) is 4.98 Å². The summed E-state index contributed by atoms with van der Waals surface area (Å²) < 4.78 is 5.15. The smallest absolute Gasteiger partial charge is 0.118 e. The van der Waals surface area contributed by atoms with Crippen molar-refractivity contribution in [3.05, 3.63) is 54.6 Å². The Kier molecular flexibility index (Phi) is 5.82. The minimum atomic E-state index is 0. The van der Waals surface area contributed by atoms with Gasteiger partial charge in [-0.1, -0.05) is 18.2 Å². The van der Waals surface area contributed by atoms with Gasteiger partial charge in [0.2, 0.25) is 0 Å². The predicted molar refractivity (Wildman–Crippen MR) is 92.6 cm³/mol. The lowest BCUT2D eigenvalue weighted by atomic mass is 10.1. The van der Waals surface area contributed by atoms with Crippen LogP contribution in [0.2, 0.25) is 0 Å². The monoisotopic (exact) mass is 322 g/mol. The summed E-state index contributed by atoms with van der Waals surface area (Å²) in [5, 5.41) is 0.986. The number of anilines is 1. The summed E-state index contributed by atoms with van der Waals surface area (Å²) in [6, 6.07) is 17.6. The molecule has 1 heterocycles. The van der Waals surface area contributed by atoms with Gasteiger partial charge >= 0.3 is 0 Å². The number of aromatic nitrogens is 1. The number of ether oxygens (including phenoxy) is 1. The van der Waals surface area contributed by atoms with Crippen LogP contribution in [0.25, 0.3) is 22.2 Å². The van der Waals surface area contributed by atoms with Gasteiger partial charge in [-0.25, -0.2) is 4.98 Å². The Labute approximate surface area is 136 Å². The Morgan fingerprint density at radius 3 is 2.29 bits per heavy atom. The molecule has 5 heteroatoms. The molecule has 110 valence electrons. The fourth-order valence-corrected chi connectivity index (χ4v) is 2.11. The molecular weight excluding hydrogens is 307 g/mol. The van der Waals surface area contributed by atoms with Crippen LogP contribution in [0, 0.1) is 0 Å². The van der Waals surface area contributed by atoms with E-state index in [1.54, 1.807) is 7.11 Å². The van der Waals surface area contributed by atoms with Gasteiger partial charge < -0.3 is 10.5 Å². The number of hydrogen-bond donors (Lipinski definition) is 1. The minimum Gasteiger partial charge on any atom is -0.497 e. The Bertz CT molecular complexity index is 730. The van der Waals surface area contributed by atoms with Crippen molar-refractivity contribution in [2.75, 3.05) is 12.8 Å². The normalized spacial score (nSPS) is 9.57. The highest BCUT2D eigenvalue weighted by atomic mass is 35.5. The predicted octanol–water partition coefficient (Wildman–Crippen LogP) is 4.34. The summed E-state index contributed by atoms with van der Waals surface area (Å²) in [5.74, 6) is 0.831. The third-order valence-electron chi connectivity index (χ3n) is 3.13. The lowest BCUT2D eigenvalue weighted by molar-refractivity contribution is 0.415. The standard InChI is InChI=1S/C16H14N2O.2ClH/c1-19-12-8-6-11(7-9-12)16-10-14(17)13-4-2-3-5-15(13)18-16;;/h2-10H,1H3,(H2,17,18);2*1H. The molecule has 3 nitrogen and oxygen atoms in total. The van der Waals surface area contributed by atoms with E-state index in [1.807, 2.05) is 54.6 Å². The van der Waals surface area contributed by atoms with E-state index in [9.17, 15) is 0 Å². The summed E-state index contributed by atoms with van der Waals surface area (Å²) >= 11 is 0. The lowest BCUT2D eigenvalue weighted by Crippen LogP contribution is -1.92. The number of benzene rings is 2. The quantitative estimate of drug-likeness (QED) is 0.763. The molecule has 0 aliphatic carbocycles. The van der Waals surface area contributed by atoms with Gasteiger partial charge in [0.1, 0.15) is 5.75 Å². The second-order valence-electron chi connectivity index (χ2n) is 4.34. The largest absolute Gasteiger partial charge is 0.497 e. The minimum absolute atomic E-state index is 0. The van der Waals surface area contributed by atoms with E-state index in [4.69, 9.17) is 10.5 Å². The molecular formula is C16H16Cl2N2O. The molecule has 1 aromatic heterocycles. The lowest BCUT2D eigenvalue weighted by Gasteiger charge is -2.07. The highest BCUT2D eigenvalue weighted by Crippen LogP contribution is 2.27. The zero-order valence-electron chi connectivity index (χ0n) is 11.4. The van der Waals surface area contributed by atoms with Crippen molar-refractivity contribution in [1.29, 1.82) is 0 Å². The van der Waals surface area contributed by atoms with E-state index in [1.165, 1.54) is 0 Å². The van der Waals surface area contributed by atoms with Crippen molar-refractivity contribution < 1.29 is 4.74 Å². The third kappa shape index (κ3) is 3.38. The van der Waals surface area contributed by atoms with E-state index in [-0.39, 0.29) is 24.8 Å². The number of para-hydroxylation sites is 1. The van der Waals surface area contributed by atoms with Gasteiger partial charge in [0.05, 0.1) is 18.3 Å². The maximum absolute atomic E-state index is 6.09. The van der Waals surface area contributed by atoms with Crippen molar-refractivity contribution >= 4 is 41.4 Å². The van der Waals surface area contributed by atoms with Crippen LogP contribution in [0.1, 0.15) is 0 Å². The molecule has 0 atom stereocenters. The van der Waals surface area contributed by atoms with E-state index >= 15 is 0 Å². The first-order valence-corrected chi connectivity index (χ1v) is 6.07. The summed E-state index contributed by atoms with van der Waals surface area (Å²) in [6.45, 7) is 0. The van der Waals surface area contributed by atoms with Gasteiger partial charge in [-0.05, 0) is 36.4 Å². The SMILES string of the molecule is COc1ccc(-c2cc(N)c3ccccc3n2)cc1.Cl.Cl. The fraction of sp³-hybridized carbons (Fsp3) is 0.0625. The second kappa shape index (κ2) is 7.16. The molecule has 0 unspecified atom stereocenters. The van der Waals surface area contributed by atoms with Crippen LogP contribution in [0.4, 0.5) is 5.69 Å². The van der Waals surface area contributed by atoms with Gasteiger partial charge in [-0.3, -0.25) is 0 Å². The zero-order valence-corrected chi connectivity index (χ0v) is 13.1. The van der Waals surface area contributed by atoms with E-state index in [0.717, 1.165) is 33.6 Å². The van der Waals surface area contributed by atoms with E-state index in [2.05, 4.69) is 4.98 Å². The molecule has 0 bridgehead atoms. The maximum atomic E-state index is 6.09. The number of halogens is 2. The van der Waals surface area contributed by atoms with Crippen LogP contribution in [0.15, 0.2) is 54.6 Å². The summed E-state index contributed by atoms with van der Waals surface area (Å²) in [6.07, 6.45) is 0. The molecule has 0 amide bonds. The molecule has 0 spiro atoms. The van der Waals surface area contributed by atoms with Gasteiger partial charge in [0, 0.05) is 16.6 Å². The molecule has 3 aromatic rings. The molecule has 0 saturated carbocycles. The molecule has 3 rings (SSSR count). The Balaban J connectivity index is 0.00000110. The number of methoxy groups -OCH3 is 1. The average Bonchev–Trinajstić information content (AvgIpc) is 2.47. The summed E-state index contributed by atoms with van der Waals surface area (Å²) in [7, 11) is 1.65. The number of nitrogen functional groups attached to an aromatic ring is 1. The number of nitrogens with two attached hydrogens (primary N) is 1. The van der Waals surface area contributed by atoms with Crippen LogP contribution < -0.4 is 10.5 Å². The molecule has 0 radical (unpaired) electrons. The first-order valence-electron chi connectivity index (χ1n) is 6.07. The maximum Gasteiger partial charge on any atom is 0.118 e. The third-order valence-corrected chi connectivity index (χ3v) is 3.13. The first-order chi connectivity index (χ1) is 9.28. The van der Waals surface area contributed by atoms with E-state index < -0.39 is 0 Å². The van der Waals surface area contributed by atoms with Gasteiger partial charge in [0.15, 0.2) is 0 Å². The van der Waals surface area contributed by atoms with Crippen molar-refractivity contribution in [2.24, 2.45) is 0 Å². The van der Waals surface area contributed by atoms with Crippen LogP contribution >= 0.6 is 24.8 Å². The molecule has 2 N–H and O–H groups in total.